The molecule has 0 spiro atoms. The molecule has 0 aliphatic heterocycles. The lowest BCUT2D eigenvalue weighted by Crippen LogP contribution is -2.27. The molecule has 1 amide bonds. The predicted octanol–water partition coefficient (Wildman–Crippen LogP) is 6.65. The third-order valence-electron chi connectivity index (χ3n) is 5.64. The van der Waals surface area contributed by atoms with E-state index in [0.717, 1.165) is 40.8 Å². The standard InChI is InChI=1S/C26H29N3O3/c1-5-31-20-13-14-21-22(16-27)24(29(23(21)15-20)19-7-6-8-19)17-9-11-18(12-10-17)28-25(30)32-26(2,3)4/h9-15,19H,5-8H2,1-4H3,(H,28,30). The van der Waals surface area contributed by atoms with Crippen LogP contribution in [0.15, 0.2) is 42.5 Å². The Morgan fingerprint density at radius 1 is 1.19 bits per heavy atom. The summed E-state index contributed by atoms with van der Waals surface area (Å²) in [5.74, 6) is 0.811. The maximum atomic E-state index is 12.1. The molecule has 1 aliphatic rings. The van der Waals surface area contributed by atoms with E-state index in [0.29, 0.717) is 23.9 Å². The fourth-order valence-electron chi connectivity index (χ4n) is 4.10. The monoisotopic (exact) mass is 431 g/mol. The SMILES string of the molecule is CCOc1ccc2c(C#N)c(-c3ccc(NC(=O)OC(C)(C)C)cc3)n(C3CCC3)c2c1. The van der Waals surface area contributed by atoms with E-state index in [1.807, 2.05) is 70.2 Å². The van der Waals surface area contributed by atoms with Gasteiger partial charge in [-0.3, -0.25) is 5.32 Å². The number of hydrogen-bond acceptors (Lipinski definition) is 4. The summed E-state index contributed by atoms with van der Waals surface area (Å²) in [6, 6.07) is 16.3. The van der Waals surface area contributed by atoms with Gasteiger partial charge in [0, 0.05) is 23.2 Å². The van der Waals surface area contributed by atoms with Gasteiger partial charge in [0.15, 0.2) is 0 Å². The van der Waals surface area contributed by atoms with Gasteiger partial charge in [-0.1, -0.05) is 12.1 Å². The number of nitrogens with one attached hydrogen (secondary N) is 1. The van der Waals surface area contributed by atoms with E-state index in [-0.39, 0.29) is 0 Å². The molecule has 0 unspecified atom stereocenters. The molecule has 3 aromatic rings. The summed E-state index contributed by atoms with van der Waals surface area (Å²) >= 11 is 0. The van der Waals surface area contributed by atoms with Crippen LogP contribution in [0.5, 0.6) is 5.75 Å². The predicted molar refractivity (Wildman–Crippen MR) is 126 cm³/mol. The van der Waals surface area contributed by atoms with Crippen molar-refractivity contribution in [2.24, 2.45) is 0 Å². The molecular weight excluding hydrogens is 402 g/mol. The molecule has 1 fully saturated rings. The van der Waals surface area contributed by atoms with E-state index < -0.39 is 11.7 Å². The fourth-order valence-corrected chi connectivity index (χ4v) is 4.10. The smallest absolute Gasteiger partial charge is 0.412 e. The summed E-state index contributed by atoms with van der Waals surface area (Å²) in [4.78, 5) is 12.1. The molecule has 0 saturated heterocycles. The second-order valence-electron chi connectivity index (χ2n) is 9.11. The number of hydrogen-bond donors (Lipinski definition) is 1. The minimum Gasteiger partial charge on any atom is -0.494 e. The van der Waals surface area contributed by atoms with Gasteiger partial charge in [0.1, 0.15) is 17.4 Å². The van der Waals surface area contributed by atoms with Gasteiger partial charge in [0.2, 0.25) is 0 Å². The van der Waals surface area contributed by atoms with Crippen LogP contribution in [-0.4, -0.2) is 22.9 Å². The molecule has 2 aromatic carbocycles. The van der Waals surface area contributed by atoms with Crippen LogP contribution >= 0.6 is 0 Å². The van der Waals surface area contributed by atoms with Crippen LogP contribution in [0.1, 0.15) is 58.6 Å². The lowest BCUT2D eigenvalue weighted by molar-refractivity contribution is 0.0636. The van der Waals surface area contributed by atoms with Crippen LogP contribution < -0.4 is 10.1 Å². The zero-order valence-corrected chi connectivity index (χ0v) is 19.1. The minimum absolute atomic E-state index is 0.367. The number of benzene rings is 2. The first-order valence-corrected chi connectivity index (χ1v) is 11.1. The maximum absolute atomic E-state index is 12.1. The average Bonchev–Trinajstić information content (AvgIpc) is 2.99. The quantitative estimate of drug-likeness (QED) is 0.491. The zero-order valence-electron chi connectivity index (χ0n) is 19.1. The second kappa shape index (κ2) is 8.58. The van der Waals surface area contributed by atoms with Crippen molar-refractivity contribution < 1.29 is 14.3 Å². The molecule has 1 N–H and O–H groups in total. The Morgan fingerprint density at radius 2 is 1.91 bits per heavy atom. The molecular formula is C26H29N3O3. The van der Waals surface area contributed by atoms with Gasteiger partial charge in [-0.25, -0.2) is 4.79 Å². The minimum atomic E-state index is -0.560. The number of fused-ring (bicyclic) bond motifs is 1. The van der Waals surface area contributed by atoms with Crippen LogP contribution in [-0.2, 0) is 4.74 Å². The van der Waals surface area contributed by atoms with Crippen molar-refractivity contribution in [2.75, 3.05) is 11.9 Å². The van der Waals surface area contributed by atoms with Gasteiger partial charge < -0.3 is 14.0 Å². The highest BCUT2D eigenvalue weighted by Gasteiger charge is 2.28. The average molecular weight is 432 g/mol. The molecule has 4 rings (SSSR count). The van der Waals surface area contributed by atoms with Crippen molar-refractivity contribution in [3.63, 3.8) is 0 Å². The molecule has 1 heterocycles. The molecule has 6 nitrogen and oxygen atoms in total. The normalized spacial score (nSPS) is 14.0. The number of anilines is 1. The number of nitriles is 1. The molecule has 166 valence electrons. The molecule has 0 radical (unpaired) electrons. The highest BCUT2D eigenvalue weighted by molar-refractivity contribution is 5.96. The number of carbonyl (C=O) groups is 1. The van der Waals surface area contributed by atoms with Gasteiger partial charge in [0.25, 0.3) is 0 Å². The lowest BCUT2D eigenvalue weighted by Gasteiger charge is -2.30. The molecule has 6 heteroatoms. The topological polar surface area (TPSA) is 76.3 Å². The maximum Gasteiger partial charge on any atom is 0.412 e. The third kappa shape index (κ3) is 4.29. The van der Waals surface area contributed by atoms with Crippen LogP contribution in [0.2, 0.25) is 0 Å². The summed E-state index contributed by atoms with van der Waals surface area (Å²) < 4.78 is 13.4. The number of amides is 1. The Kier molecular flexibility index (Phi) is 5.84. The van der Waals surface area contributed by atoms with Crippen LogP contribution in [0.4, 0.5) is 10.5 Å². The highest BCUT2D eigenvalue weighted by Crippen LogP contribution is 2.43. The summed E-state index contributed by atoms with van der Waals surface area (Å²) in [6.07, 6.45) is 2.89. The summed E-state index contributed by atoms with van der Waals surface area (Å²) in [5, 5.41) is 13.8. The fraction of sp³-hybridized carbons (Fsp3) is 0.385. The van der Waals surface area contributed by atoms with E-state index in [1.165, 1.54) is 6.42 Å². The number of aromatic nitrogens is 1. The number of nitrogens with zero attached hydrogens (tertiary/aromatic N) is 2. The first kappa shape index (κ1) is 21.8. The number of carbonyl (C=O) groups excluding carboxylic acids is 1. The molecule has 1 aliphatic carbocycles. The third-order valence-corrected chi connectivity index (χ3v) is 5.64. The molecule has 1 saturated carbocycles. The van der Waals surface area contributed by atoms with E-state index in [1.54, 1.807) is 0 Å². The first-order valence-electron chi connectivity index (χ1n) is 11.1. The summed E-state index contributed by atoms with van der Waals surface area (Å²) in [7, 11) is 0. The second-order valence-corrected chi connectivity index (χ2v) is 9.11. The van der Waals surface area contributed by atoms with Crippen LogP contribution in [0.3, 0.4) is 0 Å². The number of ether oxygens (including phenoxy) is 2. The summed E-state index contributed by atoms with van der Waals surface area (Å²) in [6.45, 7) is 8.05. The van der Waals surface area contributed by atoms with E-state index in [4.69, 9.17) is 9.47 Å². The largest absolute Gasteiger partial charge is 0.494 e. The van der Waals surface area contributed by atoms with E-state index in [9.17, 15) is 10.1 Å². The Hall–Kier alpha value is -3.46. The van der Waals surface area contributed by atoms with Gasteiger partial charge >= 0.3 is 6.09 Å². The van der Waals surface area contributed by atoms with Gasteiger partial charge in [-0.2, -0.15) is 5.26 Å². The van der Waals surface area contributed by atoms with Gasteiger partial charge in [-0.15, -0.1) is 0 Å². The van der Waals surface area contributed by atoms with Crippen molar-refractivity contribution in [1.29, 1.82) is 5.26 Å². The highest BCUT2D eigenvalue weighted by atomic mass is 16.6. The molecule has 0 bridgehead atoms. The molecule has 0 atom stereocenters. The molecule has 32 heavy (non-hydrogen) atoms. The zero-order chi connectivity index (χ0) is 22.9. The van der Waals surface area contributed by atoms with Crippen molar-refractivity contribution in [3.05, 3.63) is 48.0 Å². The van der Waals surface area contributed by atoms with Crippen molar-refractivity contribution >= 4 is 22.7 Å². The Bertz CT molecular complexity index is 1180. The van der Waals surface area contributed by atoms with Gasteiger partial charge in [-0.05, 0) is 76.8 Å². The number of rotatable bonds is 5. The summed E-state index contributed by atoms with van der Waals surface area (Å²) in [5.41, 5.74) is 3.65. The van der Waals surface area contributed by atoms with E-state index >= 15 is 0 Å². The first-order chi connectivity index (χ1) is 15.3. The van der Waals surface area contributed by atoms with Crippen LogP contribution in [0.25, 0.3) is 22.2 Å². The lowest BCUT2D eigenvalue weighted by atomic mass is 9.92. The molecule has 1 aromatic heterocycles. The Morgan fingerprint density at radius 3 is 2.47 bits per heavy atom. The van der Waals surface area contributed by atoms with Crippen LogP contribution in [0, 0.1) is 11.3 Å². The Labute approximate surface area is 188 Å². The van der Waals surface area contributed by atoms with Crippen molar-refractivity contribution in [2.45, 2.75) is 58.6 Å². The van der Waals surface area contributed by atoms with Gasteiger partial charge in [0.05, 0.1) is 23.4 Å². The van der Waals surface area contributed by atoms with Crippen molar-refractivity contribution in [1.82, 2.24) is 4.57 Å². The van der Waals surface area contributed by atoms with Crippen molar-refractivity contribution in [3.8, 4) is 23.1 Å². The Balaban J connectivity index is 1.75. The van der Waals surface area contributed by atoms with E-state index in [2.05, 4.69) is 16.0 Å².